The van der Waals surface area contributed by atoms with Gasteiger partial charge in [-0.1, -0.05) is 18.2 Å². The highest BCUT2D eigenvalue weighted by molar-refractivity contribution is 7.80. The molecule has 0 atom stereocenters. The average molecular weight is 208 g/mol. The Labute approximate surface area is 88.7 Å². The molecule has 0 saturated carbocycles. The number of benzene rings is 1. The van der Waals surface area contributed by atoms with Gasteiger partial charge in [0.2, 0.25) is 0 Å². The summed E-state index contributed by atoms with van der Waals surface area (Å²) < 4.78 is 0. The normalized spacial score (nSPS) is 9.29. The van der Waals surface area contributed by atoms with Crippen LogP contribution in [0, 0.1) is 0 Å². The van der Waals surface area contributed by atoms with E-state index in [1.807, 2.05) is 18.2 Å². The van der Waals surface area contributed by atoms with E-state index in [-0.39, 0.29) is 5.91 Å². The van der Waals surface area contributed by atoms with E-state index in [1.165, 1.54) is 0 Å². The number of thiocarbonyl (C=S) groups is 1. The lowest BCUT2D eigenvalue weighted by atomic mass is 10.2. The molecule has 0 fully saturated rings. The van der Waals surface area contributed by atoms with Crippen molar-refractivity contribution >= 4 is 23.2 Å². The Balaban J connectivity index is 2.65. The molecule has 0 unspecified atom stereocenters. The van der Waals surface area contributed by atoms with E-state index in [2.05, 4.69) is 5.32 Å². The van der Waals surface area contributed by atoms with Crippen molar-refractivity contribution in [2.24, 2.45) is 0 Å². The Bertz CT molecular complexity index is 335. The molecule has 0 radical (unpaired) electrons. The van der Waals surface area contributed by atoms with Gasteiger partial charge in [0.1, 0.15) is 0 Å². The summed E-state index contributed by atoms with van der Waals surface area (Å²) in [5.41, 5.74) is 0.608. The minimum absolute atomic E-state index is 0.177. The van der Waals surface area contributed by atoms with Crippen molar-refractivity contribution in [3.05, 3.63) is 35.9 Å². The van der Waals surface area contributed by atoms with E-state index in [0.717, 1.165) is 0 Å². The minimum atomic E-state index is -0.177. The molecule has 74 valence electrons. The first kappa shape index (κ1) is 10.7. The molecule has 1 N–H and O–H groups in total. The molecule has 0 aliphatic carbocycles. The lowest BCUT2D eigenvalue weighted by molar-refractivity contribution is 0.0974. The molecular weight excluding hydrogens is 196 g/mol. The molecule has 0 spiro atoms. The van der Waals surface area contributed by atoms with Crippen LogP contribution in [0.4, 0.5) is 0 Å². The van der Waals surface area contributed by atoms with Crippen molar-refractivity contribution in [2.75, 3.05) is 14.1 Å². The summed E-state index contributed by atoms with van der Waals surface area (Å²) >= 11 is 4.95. The van der Waals surface area contributed by atoms with Crippen LogP contribution in [0.1, 0.15) is 10.4 Å². The van der Waals surface area contributed by atoms with Gasteiger partial charge in [-0.05, 0) is 24.4 Å². The first-order valence-corrected chi connectivity index (χ1v) is 4.60. The van der Waals surface area contributed by atoms with Gasteiger partial charge in [-0.15, -0.1) is 0 Å². The third-order valence-corrected chi connectivity index (χ3v) is 2.13. The second kappa shape index (κ2) is 4.72. The molecule has 1 aromatic rings. The molecule has 0 aromatic heterocycles. The van der Waals surface area contributed by atoms with Crippen LogP contribution in [0.25, 0.3) is 0 Å². The maximum atomic E-state index is 11.5. The zero-order valence-corrected chi connectivity index (χ0v) is 8.97. The summed E-state index contributed by atoms with van der Waals surface area (Å²) in [5, 5.41) is 3.03. The topological polar surface area (TPSA) is 32.3 Å². The second-order valence-corrected chi connectivity index (χ2v) is 3.41. The van der Waals surface area contributed by atoms with Crippen molar-refractivity contribution in [3.63, 3.8) is 0 Å². The molecule has 1 rings (SSSR count). The smallest absolute Gasteiger partial charge is 0.257 e. The Morgan fingerprint density at radius 1 is 1.29 bits per heavy atom. The quantitative estimate of drug-likeness (QED) is 0.705. The number of hydrogen-bond acceptors (Lipinski definition) is 2. The maximum absolute atomic E-state index is 11.5. The highest BCUT2D eigenvalue weighted by Crippen LogP contribution is 1.97. The predicted octanol–water partition coefficient (Wildman–Crippen LogP) is 1.26. The maximum Gasteiger partial charge on any atom is 0.257 e. The average Bonchev–Trinajstić information content (AvgIpc) is 2.19. The Hall–Kier alpha value is -1.42. The molecule has 0 aliphatic heterocycles. The van der Waals surface area contributed by atoms with Crippen molar-refractivity contribution in [2.45, 2.75) is 0 Å². The highest BCUT2D eigenvalue weighted by Gasteiger charge is 2.07. The van der Waals surface area contributed by atoms with E-state index in [4.69, 9.17) is 12.2 Å². The van der Waals surface area contributed by atoms with Crippen molar-refractivity contribution in [1.29, 1.82) is 0 Å². The lowest BCUT2D eigenvalue weighted by Crippen LogP contribution is -2.38. The summed E-state index contributed by atoms with van der Waals surface area (Å²) in [5.74, 6) is -0.177. The van der Waals surface area contributed by atoms with E-state index in [0.29, 0.717) is 10.7 Å². The van der Waals surface area contributed by atoms with Crippen LogP contribution in [0.15, 0.2) is 30.3 Å². The number of nitrogens with one attached hydrogen (secondary N) is 1. The van der Waals surface area contributed by atoms with Crippen molar-refractivity contribution in [1.82, 2.24) is 10.2 Å². The SMILES string of the molecule is CN(C)C(=S)NC(=O)c1ccccc1. The molecule has 0 heterocycles. The number of carbonyl (C=O) groups is 1. The van der Waals surface area contributed by atoms with Crippen LogP contribution < -0.4 is 5.32 Å². The number of amides is 1. The third-order valence-electron chi connectivity index (χ3n) is 1.66. The van der Waals surface area contributed by atoms with Crippen molar-refractivity contribution in [3.8, 4) is 0 Å². The van der Waals surface area contributed by atoms with Gasteiger partial charge in [0.25, 0.3) is 5.91 Å². The molecule has 1 amide bonds. The second-order valence-electron chi connectivity index (χ2n) is 3.02. The van der Waals surface area contributed by atoms with Crippen LogP contribution in [0.2, 0.25) is 0 Å². The highest BCUT2D eigenvalue weighted by atomic mass is 32.1. The molecule has 14 heavy (non-hydrogen) atoms. The molecule has 0 aliphatic rings. The fourth-order valence-electron chi connectivity index (χ4n) is 0.871. The van der Waals surface area contributed by atoms with Gasteiger partial charge in [0.05, 0.1) is 0 Å². The van der Waals surface area contributed by atoms with E-state index in [9.17, 15) is 4.79 Å². The van der Waals surface area contributed by atoms with Gasteiger partial charge in [-0.3, -0.25) is 10.1 Å². The summed E-state index contributed by atoms with van der Waals surface area (Å²) in [4.78, 5) is 13.2. The van der Waals surface area contributed by atoms with Crippen LogP contribution in [-0.2, 0) is 0 Å². The Morgan fingerprint density at radius 2 is 1.86 bits per heavy atom. The first-order valence-electron chi connectivity index (χ1n) is 4.19. The summed E-state index contributed by atoms with van der Waals surface area (Å²) in [6.07, 6.45) is 0. The zero-order valence-electron chi connectivity index (χ0n) is 8.15. The van der Waals surface area contributed by atoms with Gasteiger partial charge >= 0.3 is 0 Å². The standard InChI is InChI=1S/C10H12N2OS/c1-12(2)10(14)11-9(13)8-6-4-3-5-7-8/h3-7H,1-2H3,(H,11,13,14). The molecule has 1 aromatic carbocycles. The van der Waals surface area contributed by atoms with Crippen molar-refractivity contribution < 1.29 is 4.79 Å². The van der Waals surface area contributed by atoms with E-state index < -0.39 is 0 Å². The van der Waals surface area contributed by atoms with Gasteiger partial charge < -0.3 is 4.90 Å². The fourth-order valence-corrected chi connectivity index (χ4v) is 0.963. The predicted molar refractivity (Wildman–Crippen MR) is 60.2 cm³/mol. The van der Waals surface area contributed by atoms with Gasteiger partial charge in [-0.25, -0.2) is 0 Å². The van der Waals surface area contributed by atoms with Gasteiger partial charge in [-0.2, -0.15) is 0 Å². The monoisotopic (exact) mass is 208 g/mol. The molecule has 3 nitrogen and oxygen atoms in total. The largest absolute Gasteiger partial charge is 0.355 e. The minimum Gasteiger partial charge on any atom is -0.355 e. The molecule has 4 heteroatoms. The number of carbonyl (C=O) groups excluding carboxylic acids is 1. The Morgan fingerprint density at radius 3 is 2.36 bits per heavy atom. The summed E-state index contributed by atoms with van der Waals surface area (Å²) in [6, 6.07) is 8.98. The fraction of sp³-hybridized carbons (Fsp3) is 0.200. The first-order chi connectivity index (χ1) is 6.61. The number of nitrogens with zero attached hydrogens (tertiary/aromatic N) is 1. The summed E-state index contributed by atoms with van der Waals surface area (Å²) in [7, 11) is 3.57. The zero-order chi connectivity index (χ0) is 10.6. The van der Waals surface area contributed by atoms with Gasteiger partial charge in [0.15, 0.2) is 5.11 Å². The molecule has 0 bridgehead atoms. The van der Waals surface area contributed by atoms with Crippen LogP contribution in [0.5, 0.6) is 0 Å². The third kappa shape index (κ3) is 2.81. The number of rotatable bonds is 1. The van der Waals surface area contributed by atoms with Gasteiger partial charge in [0, 0.05) is 19.7 Å². The summed E-state index contributed by atoms with van der Waals surface area (Å²) in [6.45, 7) is 0. The lowest BCUT2D eigenvalue weighted by Gasteiger charge is -2.14. The Kier molecular flexibility index (Phi) is 3.59. The van der Waals surface area contributed by atoms with Crippen LogP contribution >= 0.6 is 12.2 Å². The van der Waals surface area contributed by atoms with Crippen LogP contribution in [-0.4, -0.2) is 30.0 Å². The number of hydrogen-bond donors (Lipinski definition) is 1. The van der Waals surface area contributed by atoms with E-state index in [1.54, 1.807) is 31.1 Å². The molecule has 0 saturated heterocycles. The van der Waals surface area contributed by atoms with E-state index >= 15 is 0 Å². The molecular formula is C10H12N2OS. The van der Waals surface area contributed by atoms with Crippen LogP contribution in [0.3, 0.4) is 0 Å².